The van der Waals surface area contributed by atoms with Crippen LogP contribution < -0.4 is 5.32 Å². The van der Waals surface area contributed by atoms with E-state index in [1.54, 1.807) is 24.5 Å². The van der Waals surface area contributed by atoms with Crippen LogP contribution in [0.5, 0.6) is 0 Å². The van der Waals surface area contributed by atoms with E-state index in [0.29, 0.717) is 11.5 Å². The minimum atomic E-state index is -0.0949. The smallest absolute Gasteiger partial charge is 0.255 e. The van der Waals surface area contributed by atoms with Gasteiger partial charge in [0.1, 0.15) is 0 Å². The fraction of sp³-hybridized carbons (Fsp3) is 0.429. The van der Waals surface area contributed by atoms with Crippen LogP contribution in [0.1, 0.15) is 48.0 Å². The summed E-state index contributed by atoms with van der Waals surface area (Å²) in [4.78, 5) is 18.8. The molecule has 2 heterocycles. The van der Waals surface area contributed by atoms with Crippen molar-refractivity contribution in [1.29, 1.82) is 0 Å². The van der Waals surface area contributed by atoms with E-state index in [1.807, 2.05) is 12.1 Å². The Morgan fingerprint density at radius 2 is 1.96 bits per heavy atom. The van der Waals surface area contributed by atoms with Gasteiger partial charge in [-0.05, 0) is 74.4 Å². The molecule has 4 nitrogen and oxygen atoms in total. The summed E-state index contributed by atoms with van der Waals surface area (Å²) in [5.74, 6) is 1.40. The van der Waals surface area contributed by atoms with Gasteiger partial charge in [0.15, 0.2) is 0 Å². The summed E-state index contributed by atoms with van der Waals surface area (Å²) >= 11 is 0. The van der Waals surface area contributed by atoms with Crippen molar-refractivity contribution >= 4 is 11.6 Å². The van der Waals surface area contributed by atoms with Gasteiger partial charge in [-0.25, -0.2) is 0 Å². The van der Waals surface area contributed by atoms with Crippen LogP contribution in [0.15, 0.2) is 48.8 Å². The lowest BCUT2D eigenvalue weighted by Gasteiger charge is -2.20. The maximum absolute atomic E-state index is 12.2. The molecule has 3 atom stereocenters. The number of pyridine rings is 1. The van der Waals surface area contributed by atoms with Gasteiger partial charge >= 0.3 is 0 Å². The summed E-state index contributed by atoms with van der Waals surface area (Å²) in [6.45, 7) is 4.86. The third kappa shape index (κ3) is 3.74. The minimum Gasteiger partial charge on any atom is -0.322 e. The maximum Gasteiger partial charge on any atom is 0.255 e. The van der Waals surface area contributed by atoms with E-state index in [4.69, 9.17) is 0 Å². The van der Waals surface area contributed by atoms with E-state index in [1.165, 1.54) is 37.9 Å². The second kappa shape index (κ2) is 6.96. The zero-order valence-corrected chi connectivity index (χ0v) is 14.7. The van der Waals surface area contributed by atoms with E-state index in [9.17, 15) is 4.79 Å². The number of hydrogen-bond donors (Lipinski definition) is 1. The predicted octanol–water partition coefficient (Wildman–Crippen LogP) is 3.92. The molecule has 1 aliphatic heterocycles. The molecule has 2 fully saturated rings. The number of likely N-dealkylation sites (tertiary alicyclic amines) is 1. The number of amides is 1. The second-order valence-electron chi connectivity index (χ2n) is 7.40. The molecule has 1 amide bonds. The lowest BCUT2D eigenvalue weighted by Crippen LogP contribution is -2.29. The molecular weight excluding hydrogens is 310 g/mol. The molecule has 1 saturated carbocycles. The number of rotatable bonds is 5. The molecule has 1 saturated heterocycles. The molecule has 0 spiro atoms. The first kappa shape index (κ1) is 16.3. The Labute approximate surface area is 149 Å². The highest BCUT2D eigenvalue weighted by molar-refractivity contribution is 6.04. The quantitative estimate of drug-likeness (QED) is 0.901. The Hall–Kier alpha value is -2.20. The van der Waals surface area contributed by atoms with Crippen LogP contribution in [-0.2, 0) is 0 Å². The zero-order valence-electron chi connectivity index (χ0n) is 14.7. The van der Waals surface area contributed by atoms with Crippen molar-refractivity contribution in [2.24, 2.45) is 5.92 Å². The molecule has 1 aromatic heterocycles. The van der Waals surface area contributed by atoms with E-state index < -0.39 is 0 Å². The average molecular weight is 335 g/mol. The molecule has 1 aromatic carbocycles. The molecular formula is C21H25N3O. The fourth-order valence-electron chi connectivity index (χ4n) is 3.94. The second-order valence-corrected chi connectivity index (χ2v) is 7.40. The lowest BCUT2D eigenvalue weighted by atomic mass is 10.1. The standard InChI is InChI=1S/C21H25N3O/c1-15-3-2-12-24(15)14-18-13-20(18)16-4-6-19(7-5-16)23-21(25)17-8-10-22-11-9-17/h4-11,15,18,20H,2-3,12-14H2,1H3,(H,23,25)/t15-,18+,20+/m0/s1. The number of hydrogen-bond acceptors (Lipinski definition) is 3. The predicted molar refractivity (Wildman–Crippen MR) is 99.7 cm³/mol. The van der Waals surface area contributed by atoms with Gasteiger partial charge in [-0.2, -0.15) is 0 Å². The number of nitrogens with zero attached hydrogens (tertiary/aromatic N) is 2. The van der Waals surface area contributed by atoms with Gasteiger partial charge < -0.3 is 10.2 Å². The Morgan fingerprint density at radius 1 is 1.20 bits per heavy atom. The van der Waals surface area contributed by atoms with E-state index >= 15 is 0 Å². The summed E-state index contributed by atoms with van der Waals surface area (Å²) in [5.41, 5.74) is 2.87. The summed E-state index contributed by atoms with van der Waals surface area (Å²) in [6.07, 6.45) is 7.26. The molecule has 2 aromatic rings. The molecule has 2 aliphatic rings. The highest BCUT2D eigenvalue weighted by Gasteiger charge is 2.40. The molecule has 0 bridgehead atoms. The van der Waals surface area contributed by atoms with Crippen LogP contribution in [0.25, 0.3) is 0 Å². The van der Waals surface area contributed by atoms with Crippen molar-refractivity contribution in [3.63, 3.8) is 0 Å². The number of carbonyl (C=O) groups excluding carboxylic acids is 1. The first-order valence-electron chi connectivity index (χ1n) is 9.26. The third-order valence-electron chi connectivity index (χ3n) is 5.62. The van der Waals surface area contributed by atoms with Crippen molar-refractivity contribution in [3.05, 3.63) is 59.9 Å². The molecule has 1 aliphatic carbocycles. The van der Waals surface area contributed by atoms with Crippen molar-refractivity contribution in [2.75, 3.05) is 18.4 Å². The van der Waals surface area contributed by atoms with Gasteiger partial charge in [0, 0.05) is 36.2 Å². The largest absolute Gasteiger partial charge is 0.322 e. The fourth-order valence-corrected chi connectivity index (χ4v) is 3.94. The molecule has 4 heteroatoms. The maximum atomic E-state index is 12.2. The number of nitrogens with one attached hydrogen (secondary N) is 1. The lowest BCUT2D eigenvalue weighted by molar-refractivity contribution is 0.102. The summed E-state index contributed by atoms with van der Waals surface area (Å²) in [7, 11) is 0. The SMILES string of the molecule is C[C@H]1CCCN1C[C@H]1C[C@@H]1c1ccc(NC(=O)c2ccncc2)cc1. The van der Waals surface area contributed by atoms with Crippen LogP contribution in [0, 0.1) is 5.92 Å². The molecule has 25 heavy (non-hydrogen) atoms. The number of carbonyl (C=O) groups is 1. The Morgan fingerprint density at radius 3 is 2.64 bits per heavy atom. The van der Waals surface area contributed by atoms with Gasteiger partial charge in [0.05, 0.1) is 0 Å². The highest BCUT2D eigenvalue weighted by Crippen LogP contribution is 2.48. The highest BCUT2D eigenvalue weighted by atomic mass is 16.1. The molecule has 0 radical (unpaired) electrons. The van der Waals surface area contributed by atoms with Gasteiger partial charge in [-0.1, -0.05) is 12.1 Å². The minimum absolute atomic E-state index is 0.0949. The van der Waals surface area contributed by atoms with E-state index in [2.05, 4.69) is 34.3 Å². The zero-order chi connectivity index (χ0) is 17.2. The monoisotopic (exact) mass is 335 g/mol. The van der Waals surface area contributed by atoms with Gasteiger partial charge in [-0.3, -0.25) is 9.78 Å². The van der Waals surface area contributed by atoms with Crippen LogP contribution in [0.4, 0.5) is 5.69 Å². The first-order valence-corrected chi connectivity index (χ1v) is 9.26. The van der Waals surface area contributed by atoms with Crippen molar-refractivity contribution in [1.82, 2.24) is 9.88 Å². The summed E-state index contributed by atoms with van der Waals surface area (Å²) in [6, 6.07) is 12.6. The van der Waals surface area contributed by atoms with E-state index in [0.717, 1.165) is 17.6 Å². The number of benzene rings is 1. The molecule has 1 N–H and O–H groups in total. The van der Waals surface area contributed by atoms with Crippen LogP contribution in [-0.4, -0.2) is 34.9 Å². The van der Waals surface area contributed by atoms with Crippen molar-refractivity contribution in [3.8, 4) is 0 Å². The number of aromatic nitrogens is 1. The Bertz CT molecular complexity index is 729. The third-order valence-corrected chi connectivity index (χ3v) is 5.62. The van der Waals surface area contributed by atoms with Crippen molar-refractivity contribution < 1.29 is 4.79 Å². The number of anilines is 1. The Balaban J connectivity index is 1.33. The van der Waals surface area contributed by atoms with Crippen LogP contribution >= 0.6 is 0 Å². The summed E-state index contributed by atoms with van der Waals surface area (Å²) in [5, 5.41) is 2.95. The topological polar surface area (TPSA) is 45.2 Å². The normalized spacial score (nSPS) is 25.7. The molecule has 4 rings (SSSR count). The average Bonchev–Trinajstić information content (AvgIpc) is 3.30. The van der Waals surface area contributed by atoms with Gasteiger partial charge in [0.25, 0.3) is 5.91 Å². The molecule has 0 unspecified atom stereocenters. The Kier molecular flexibility index (Phi) is 4.53. The van der Waals surface area contributed by atoms with Gasteiger partial charge in [0.2, 0.25) is 0 Å². The van der Waals surface area contributed by atoms with Crippen LogP contribution in [0.2, 0.25) is 0 Å². The molecule has 130 valence electrons. The van der Waals surface area contributed by atoms with Crippen molar-refractivity contribution in [2.45, 2.75) is 38.1 Å². The van der Waals surface area contributed by atoms with Gasteiger partial charge in [-0.15, -0.1) is 0 Å². The summed E-state index contributed by atoms with van der Waals surface area (Å²) < 4.78 is 0. The van der Waals surface area contributed by atoms with Crippen LogP contribution in [0.3, 0.4) is 0 Å². The first-order chi connectivity index (χ1) is 12.2. The van der Waals surface area contributed by atoms with E-state index in [-0.39, 0.29) is 5.91 Å².